The predicted molar refractivity (Wildman–Crippen MR) is 74.3 cm³/mol. The van der Waals surface area contributed by atoms with E-state index < -0.39 is 0 Å². The van der Waals surface area contributed by atoms with Crippen molar-refractivity contribution in [3.8, 4) is 0 Å². The summed E-state index contributed by atoms with van der Waals surface area (Å²) in [5.41, 5.74) is 0.716. The summed E-state index contributed by atoms with van der Waals surface area (Å²) in [4.78, 5) is 11.8. The first kappa shape index (κ1) is 12.1. The second-order valence-electron chi connectivity index (χ2n) is 3.96. The van der Waals surface area contributed by atoms with Crippen LogP contribution in [0.15, 0.2) is 40.9 Å². The Balaban J connectivity index is 2.31. The number of benzene rings is 2. The maximum Gasteiger partial charge on any atom is 0.251 e. The van der Waals surface area contributed by atoms with Crippen LogP contribution in [-0.4, -0.2) is 12.5 Å². The van der Waals surface area contributed by atoms with E-state index in [1.165, 1.54) is 0 Å². The van der Waals surface area contributed by atoms with Gasteiger partial charge in [-0.05, 0) is 41.5 Å². The standard InChI is InChI=1S/C14H14BrNO/c1-2-7-16-14(17)12-4-3-11-9-13(15)6-5-10(11)8-12/h3-6,8-9H,2,7H2,1H3,(H,16,17). The smallest absolute Gasteiger partial charge is 0.251 e. The van der Waals surface area contributed by atoms with Crippen molar-refractivity contribution in [1.82, 2.24) is 5.32 Å². The highest BCUT2D eigenvalue weighted by atomic mass is 79.9. The number of amides is 1. The van der Waals surface area contributed by atoms with Gasteiger partial charge in [0.15, 0.2) is 0 Å². The Hall–Kier alpha value is -1.35. The van der Waals surface area contributed by atoms with Crippen LogP contribution in [0.25, 0.3) is 10.8 Å². The maximum atomic E-state index is 11.8. The highest BCUT2D eigenvalue weighted by Crippen LogP contribution is 2.20. The summed E-state index contributed by atoms with van der Waals surface area (Å²) < 4.78 is 1.05. The van der Waals surface area contributed by atoms with E-state index in [4.69, 9.17) is 0 Å². The van der Waals surface area contributed by atoms with Crippen molar-refractivity contribution in [3.63, 3.8) is 0 Å². The fourth-order valence-electron chi connectivity index (χ4n) is 1.70. The monoisotopic (exact) mass is 291 g/mol. The number of hydrogen-bond donors (Lipinski definition) is 1. The molecule has 1 amide bonds. The molecular weight excluding hydrogens is 278 g/mol. The van der Waals surface area contributed by atoms with E-state index in [0.29, 0.717) is 5.56 Å². The van der Waals surface area contributed by atoms with Gasteiger partial charge in [0.2, 0.25) is 0 Å². The van der Waals surface area contributed by atoms with Crippen LogP contribution in [0, 0.1) is 0 Å². The van der Waals surface area contributed by atoms with Gasteiger partial charge in [0, 0.05) is 16.6 Å². The van der Waals surface area contributed by atoms with Gasteiger partial charge in [-0.3, -0.25) is 4.79 Å². The molecule has 0 heterocycles. The number of fused-ring (bicyclic) bond motifs is 1. The van der Waals surface area contributed by atoms with Crippen LogP contribution in [0.1, 0.15) is 23.7 Å². The van der Waals surface area contributed by atoms with E-state index in [1.807, 2.05) is 43.3 Å². The van der Waals surface area contributed by atoms with E-state index in [0.717, 1.165) is 28.2 Å². The third-order valence-corrected chi connectivity index (χ3v) is 3.09. The van der Waals surface area contributed by atoms with Crippen LogP contribution in [-0.2, 0) is 0 Å². The zero-order valence-corrected chi connectivity index (χ0v) is 11.3. The lowest BCUT2D eigenvalue weighted by Gasteiger charge is -2.05. The third kappa shape index (κ3) is 2.86. The highest BCUT2D eigenvalue weighted by Gasteiger charge is 2.05. The van der Waals surface area contributed by atoms with Crippen molar-refractivity contribution >= 4 is 32.6 Å². The molecule has 0 aliphatic rings. The predicted octanol–water partition coefficient (Wildman–Crippen LogP) is 3.74. The molecule has 1 N–H and O–H groups in total. The number of carbonyl (C=O) groups is 1. The molecule has 0 saturated carbocycles. The first-order valence-corrected chi connectivity index (χ1v) is 6.47. The Morgan fingerprint density at radius 1 is 1.18 bits per heavy atom. The quantitative estimate of drug-likeness (QED) is 0.917. The molecular formula is C14H14BrNO. The Morgan fingerprint density at radius 3 is 2.65 bits per heavy atom. The molecule has 2 aromatic carbocycles. The number of halogens is 1. The molecule has 0 unspecified atom stereocenters. The molecule has 0 bridgehead atoms. The second-order valence-corrected chi connectivity index (χ2v) is 4.88. The highest BCUT2D eigenvalue weighted by molar-refractivity contribution is 9.10. The molecule has 0 aliphatic carbocycles. The molecule has 2 aromatic rings. The summed E-state index contributed by atoms with van der Waals surface area (Å²) in [5, 5.41) is 5.09. The SMILES string of the molecule is CCCNC(=O)c1ccc2cc(Br)ccc2c1. The molecule has 0 aromatic heterocycles. The van der Waals surface area contributed by atoms with Crippen LogP contribution in [0.4, 0.5) is 0 Å². The van der Waals surface area contributed by atoms with Crippen LogP contribution in [0.5, 0.6) is 0 Å². The van der Waals surface area contributed by atoms with Crippen molar-refractivity contribution in [2.75, 3.05) is 6.54 Å². The van der Waals surface area contributed by atoms with Gasteiger partial charge in [0.25, 0.3) is 5.91 Å². The normalized spacial score (nSPS) is 10.5. The van der Waals surface area contributed by atoms with Crippen molar-refractivity contribution in [2.45, 2.75) is 13.3 Å². The van der Waals surface area contributed by atoms with Crippen LogP contribution >= 0.6 is 15.9 Å². The van der Waals surface area contributed by atoms with Crippen molar-refractivity contribution in [2.24, 2.45) is 0 Å². The molecule has 2 nitrogen and oxygen atoms in total. The average molecular weight is 292 g/mol. The maximum absolute atomic E-state index is 11.8. The fraction of sp³-hybridized carbons (Fsp3) is 0.214. The largest absolute Gasteiger partial charge is 0.352 e. The number of hydrogen-bond acceptors (Lipinski definition) is 1. The average Bonchev–Trinajstić information content (AvgIpc) is 2.35. The lowest BCUT2D eigenvalue weighted by molar-refractivity contribution is 0.0954. The molecule has 0 fully saturated rings. The topological polar surface area (TPSA) is 29.1 Å². The summed E-state index contributed by atoms with van der Waals surface area (Å²) in [6.45, 7) is 2.76. The lowest BCUT2D eigenvalue weighted by atomic mass is 10.1. The van der Waals surface area contributed by atoms with Crippen LogP contribution < -0.4 is 5.32 Å². The van der Waals surface area contributed by atoms with Gasteiger partial charge in [0.1, 0.15) is 0 Å². The minimum Gasteiger partial charge on any atom is -0.352 e. The summed E-state index contributed by atoms with van der Waals surface area (Å²) in [6.07, 6.45) is 0.951. The lowest BCUT2D eigenvalue weighted by Crippen LogP contribution is -2.23. The summed E-state index contributed by atoms with van der Waals surface area (Å²) in [6, 6.07) is 11.8. The second kappa shape index (κ2) is 5.32. The summed E-state index contributed by atoms with van der Waals surface area (Å²) in [5.74, 6) is -0.00308. The van der Waals surface area contributed by atoms with E-state index in [9.17, 15) is 4.79 Å². The van der Waals surface area contributed by atoms with Crippen LogP contribution in [0.2, 0.25) is 0 Å². The van der Waals surface area contributed by atoms with Gasteiger partial charge < -0.3 is 5.32 Å². The minimum atomic E-state index is -0.00308. The van der Waals surface area contributed by atoms with Gasteiger partial charge in [-0.1, -0.05) is 35.0 Å². The molecule has 17 heavy (non-hydrogen) atoms. The molecule has 0 aliphatic heterocycles. The third-order valence-electron chi connectivity index (χ3n) is 2.60. The van der Waals surface area contributed by atoms with Gasteiger partial charge in [-0.25, -0.2) is 0 Å². The number of nitrogens with one attached hydrogen (secondary N) is 1. The number of carbonyl (C=O) groups excluding carboxylic acids is 1. The van der Waals surface area contributed by atoms with Gasteiger partial charge in [-0.2, -0.15) is 0 Å². The Bertz CT molecular complexity index is 551. The van der Waals surface area contributed by atoms with E-state index in [2.05, 4.69) is 21.2 Å². The zero-order valence-electron chi connectivity index (χ0n) is 9.66. The Kier molecular flexibility index (Phi) is 3.79. The zero-order chi connectivity index (χ0) is 12.3. The molecule has 3 heteroatoms. The first-order valence-electron chi connectivity index (χ1n) is 5.68. The molecule has 2 rings (SSSR count). The summed E-state index contributed by atoms with van der Waals surface area (Å²) in [7, 11) is 0. The van der Waals surface area contributed by atoms with E-state index in [1.54, 1.807) is 0 Å². The molecule has 0 spiro atoms. The van der Waals surface area contributed by atoms with Gasteiger partial charge in [0.05, 0.1) is 0 Å². The van der Waals surface area contributed by atoms with Crippen molar-refractivity contribution in [1.29, 1.82) is 0 Å². The number of rotatable bonds is 3. The molecule has 88 valence electrons. The van der Waals surface area contributed by atoms with E-state index in [-0.39, 0.29) is 5.91 Å². The van der Waals surface area contributed by atoms with Crippen molar-refractivity contribution in [3.05, 3.63) is 46.4 Å². The van der Waals surface area contributed by atoms with Gasteiger partial charge in [-0.15, -0.1) is 0 Å². The van der Waals surface area contributed by atoms with Crippen molar-refractivity contribution < 1.29 is 4.79 Å². The Labute approximate surface area is 109 Å². The molecule has 0 radical (unpaired) electrons. The van der Waals surface area contributed by atoms with Gasteiger partial charge >= 0.3 is 0 Å². The fourth-order valence-corrected chi connectivity index (χ4v) is 2.08. The summed E-state index contributed by atoms with van der Waals surface area (Å²) >= 11 is 3.43. The van der Waals surface area contributed by atoms with Crippen LogP contribution in [0.3, 0.4) is 0 Å². The first-order chi connectivity index (χ1) is 8.20. The van der Waals surface area contributed by atoms with E-state index >= 15 is 0 Å². The Morgan fingerprint density at radius 2 is 1.88 bits per heavy atom. The molecule has 0 saturated heterocycles. The minimum absolute atomic E-state index is 0.00308. The molecule has 0 atom stereocenters.